The van der Waals surface area contributed by atoms with Gasteiger partial charge in [0.15, 0.2) is 0 Å². The van der Waals surface area contributed by atoms with E-state index in [2.05, 4.69) is 48.9 Å². The van der Waals surface area contributed by atoms with Crippen molar-refractivity contribution in [2.45, 2.75) is 34.2 Å². The molecule has 0 radical (unpaired) electrons. The number of anilines is 1. The maximum atomic E-state index is 5.78. The summed E-state index contributed by atoms with van der Waals surface area (Å²) in [5.74, 6) is 0.666. The van der Waals surface area contributed by atoms with E-state index in [4.69, 9.17) is 5.73 Å². The Morgan fingerprint density at radius 3 is 2.59 bits per heavy atom. The standard InChI is InChI=1S/C14H23BrN2/c1-10(2)14(3,4)9-17-8-11-7-12(16)5-6-13(11)15/h5-7,10,17H,8-9,16H2,1-4H3. The second kappa shape index (κ2) is 5.87. The van der Waals surface area contributed by atoms with Crippen molar-refractivity contribution in [3.63, 3.8) is 0 Å². The molecule has 3 N–H and O–H groups in total. The first-order valence-electron chi connectivity index (χ1n) is 6.07. The molecule has 96 valence electrons. The van der Waals surface area contributed by atoms with Crippen molar-refractivity contribution in [3.05, 3.63) is 28.2 Å². The Morgan fingerprint density at radius 2 is 2.00 bits per heavy atom. The van der Waals surface area contributed by atoms with Crippen LogP contribution in [-0.4, -0.2) is 6.54 Å². The summed E-state index contributed by atoms with van der Waals surface area (Å²) < 4.78 is 1.11. The Balaban J connectivity index is 2.54. The average molecular weight is 299 g/mol. The zero-order valence-corrected chi connectivity index (χ0v) is 12.8. The van der Waals surface area contributed by atoms with Crippen LogP contribution in [0.2, 0.25) is 0 Å². The molecule has 0 aliphatic heterocycles. The van der Waals surface area contributed by atoms with Crippen LogP contribution in [-0.2, 0) is 6.54 Å². The number of nitrogens with one attached hydrogen (secondary N) is 1. The Kier molecular flexibility index (Phi) is 5.02. The van der Waals surface area contributed by atoms with E-state index >= 15 is 0 Å². The molecule has 0 atom stereocenters. The lowest BCUT2D eigenvalue weighted by atomic mass is 9.81. The average Bonchev–Trinajstić information content (AvgIpc) is 2.22. The van der Waals surface area contributed by atoms with E-state index in [1.165, 1.54) is 5.56 Å². The summed E-state index contributed by atoms with van der Waals surface area (Å²) in [6.07, 6.45) is 0. The summed E-state index contributed by atoms with van der Waals surface area (Å²) in [7, 11) is 0. The molecule has 3 heteroatoms. The molecule has 1 aromatic carbocycles. The van der Waals surface area contributed by atoms with E-state index in [1.54, 1.807) is 0 Å². The van der Waals surface area contributed by atoms with E-state index in [0.29, 0.717) is 11.3 Å². The fraction of sp³-hybridized carbons (Fsp3) is 0.571. The molecule has 0 fully saturated rings. The van der Waals surface area contributed by atoms with Crippen LogP contribution >= 0.6 is 15.9 Å². The molecule has 0 aromatic heterocycles. The molecule has 0 aliphatic rings. The Hall–Kier alpha value is -0.540. The normalized spacial score (nSPS) is 12.1. The van der Waals surface area contributed by atoms with E-state index in [1.807, 2.05) is 18.2 Å². The lowest BCUT2D eigenvalue weighted by Gasteiger charge is -2.29. The Bertz CT molecular complexity index is 372. The monoisotopic (exact) mass is 298 g/mol. The maximum absolute atomic E-state index is 5.78. The Labute approximate surface area is 113 Å². The van der Waals surface area contributed by atoms with E-state index < -0.39 is 0 Å². The molecule has 0 unspecified atom stereocenters. The van der Waals surface area contributed by atoms with Gasteiger partial charge < -0.3 is 11.1 Å². The largest absolute Gasteiger partial charge is 0.399 e. The van der Waals surface area contributed by atoms with Gasteiger partial charge in [0.25, 0.3) is 0 Å². The topological polar surface area (TPSA) is 38.0 Å². The fourth-order valence-corrected chi connectivity index (χ4v) is 1.84. The second-order valence-corrected chi connectivity index (χ2v) is 6.45. The quantitative estimate of drug-likeness (QED) is 0.812. The molecule has 0 saturated heterocycles. The molecule has 1 aromatic rings. The molecule has 0 amide bonds. The first kappa shape index (κ1) is 14.5. The van der Waals surface area contributed by atoms with Crippen LogP contribution in [0.5, 0.6) is 0 Å². The molecule has 2 nitrogen and oxygen atoms in total. The zero-order chi connectivity index (χ0) is 13.1. The minimum absolute atomic E-state index is 0.312. The van der Waals surface area contributed by atoms with E-state index in [0.717, 1.165) is 23.2 Å². The number of nitrogens with two attached hydrogens (primary N) is 1. The SMILES string of the molecule is CC(C)C(C)(C)CNCc1cc(N)ccc1Br. The lowest BCUT2D eigenvalue weighted by molar-refractivity contribution is 0.238. The number of rotatable bonds is 5. The first-order chi connectivity index (χ1) is 7.83. The van der Waals surface area contributed by atoms with Gasteiger partial charge in [-0.25, -0.2) is 0 Å². The van der Waals surface area contributed by atoms with Gasteiger partial charge in [-0.1, -0.05) is 43.6 Å². The highest BCUT2D eigenvalue weighted by molar-refractivity contribution is 9.10. The van der Waals surface area contributed by atoms with Gasteiger partial charge >= 0.3 is 0 Å². The molecule has 0 heterocycles. The van der Waals surface area contributed by atoms with Crippen molar-refractivity contribution in [1.82, 2.24) is 5.32 Å². The molecule has 1 rings (SSSR count). The van der Waals surface area contributed by atoms with Crippen LogP contribution in [0.3, 0.4) is 0 Å². The van der Waals surface area contributed by atoms with Crippen molar-refractivity contribution in [2.24, 2.45) is 11.3 Å². The van der Waals surface area contributed by atoms with Crippen molar-refractivity contribution in [1.29, 1.82) is 0 Å². The molecular weight excluding hydrogens is 276 g/mol. The highest BCUT2D eigenvalue weighted by Gasteiger charge is 2.21. The molecule has 17 heavy (non-hydrogen) atoms. The lowest BCUT2D eigenvalue weighted by Crippen LogP contribution is -2.33. The summed E-state index contributed by atoms with van der Waals surface area (Å²) in [5, 5.41) is 3.51. The van der Waals surface area contributed by atoms with Crippen LogP contribution in [0, 0.1) is 11.3 Å². The molecule has 0 saturated carbocycles. The summed E-state index contributed by atoms with van der Waals surface area (Å²) in [6.45, 7) is 11.0. The minimum atomic E-state index is 0.312. The minimum Gasteiger partial charge on any atom is -0.399 e. The van der Waals surface area contributed by atoms with Crippen LogP contribution in [0.25, 0.3) is 0 Å². The van der Waals surface area contributed by atoms with Crippen LogP contribution in [0.15, 0.2) is 22.7 Å². The van der Waals surface area contributed by atoms with Crippen molar-refractivity contribution in [3.8, 4) is 0 Å². The van der Waals surface area contributed by atoms with Gasteiger partial charge in [-0.3, -0.25) is 0 Å². The number of halogens is 1. The second-order valence-electron chi connectivity index (χ2n) is 5.60. The number of hydrogen-bond acceptors (Lipinski definition) is 2. The van der Waals surface area contributed by atoms with Crippen LogP contribution < -0.4 is 11.1 Å². The predicted octanol–water partition coefficient (Wildman–Crippen LogP) is 3.80. The van der Waals surface area contributed by atoms with Crippen LogP contribution in [0.1, 0.15) is 33.3 Å². The summed E-state index contributed by atoms with van der Waals surface area (Å²) >= 11 is 3.54. The maximum Gasteiger partial charge on any atom is 0.0318 e. The van der Waals surface area contributed by atoms with Gasteiger partial charge in [-0.15, -0.1) is 0 Å². The third kappa shape index (κ3) is 4.32. The van der Waals surface area contributed by atoms with E-state index in [9.17, 15) is 0 Å². The summed E-state index contributed by atoms with van der Waals surface area (Å²) in [6, 6.07) is 5.92. The van der Waals surface area contributed by atoms with Gasteiger partial charge in [0.2, 0.25) is 0 Å². The highest BCUT2D eigenvalue weighted by Crippen LogP contribution is 2.25. The summed E-state index contributed by atoms with van der Waals surface area (Å²) in [5.41, 5.74) is 8.12. The van der Waals surface area contributed by atoms with Gasteiger partial charge in [0, 0.05) is 23.2 Å². The van der Waals surface area contributed by atoms with Crippen molar-refractivity contribution < 1.29 is 0 Å². The van der Waals surface area contributed by atoms with Crippen LogP contribution in [0.4, 0.5) is 5.69 Å². The van der Waals surface area contributed by atoms with Gasteiger partial charge in [0.1, 0.15) is 0 Å². The number of benzene rings is 1. The number of hydrogen-bond donors (Lipinski definition) is 2. The first-order valence-corrected chi connectivity index (χ1v) is 6.87. The van der Waals surface area contributed by atoms with Crippen molar-refractivity contribution in [2.75, 3.05) is 12.3 Å². The third-order valence-corrected chi connectivity index (χ3v) is 4.30. The van der Waals surface area contributed by atoms with Gasteiger partial charge in [0.05, 0.1) is 0 Å². The summed E-state index contributed by atoms with van der Waals surface area (Å²) in [4.78, 5) is 0. The molecule has 0 spiro atoms. The van der Waals surface area contributed by atoms with E-state index in [-0.39, 0.29) is 0 Å². The smallest absolute Gasteiger partial charge is 0.0318 e. The fourth-order valence-electron chi connectivity index (χ4n) is 1.45. The number of nitrogen functional groups attached to an aromatic ring is 1. The van der Waals surface area contributed by atoms with Crippen molar-refractivity contribution >= 4 is 21.6 Å². The zero-order valence-electron chi connectivity index (χ0n) is 11.2. The predicted molar refractivity (Wildman–Crippen MR) is 78.9 cm³/mol. The molecule has 0 bridgehead atoms. The third-order valence-electron chi connectivity index (χ3n) is 3.53. The molecule has 0 aliphatic carbocycles. The van der Waals surface area contributed by atoms with Gasteiger partial charge in [-0.05, 0) is 35.1 Å². The Morgan fingerprint density at radius 1 is 1.35 bits per heavy atom. The van der Waals surface area contributed by atoms with Gasteiger partial charge in [-0.2, -0.15) is 0 Å². The highest BCUT2D eigenvalue weighted by atomic mass is 79.9. The molecular formula is C14H23BrN2.